The van der Waals surface area contributed by atoms with Gasteiger partial charge in [-0.2, -0.15) is 0 Å². The van der Waals surface area contributed by atoms with Gasteiger partial charge in [-0.3, -0.25) is 0 Å². The Hall–Kier alpha value is -2.08. The van der Waals surface area contributed by atoms with E-state index < -0.39 is 0 Å². The molecule has 0 saturated carbocycles. The molecule has 0 radical (unpaired) electrons. The highest BCUT2D eigenvalue weighted by atomic mass is 32.1. The van der Waals surface area contributed by atoms with Gasteiger partial charge in [-0.1, -0.05) is 26.0 Å². The van der Waals surface area contributed by atoms with Crippen LogP contribution in [-0.2, 0) is 6.54 Å². The molecule has 1 unspecified atom stereocenters. The van der Waals surface area contributed by atoms with Crippen LogP contribution in [0.2, 0.25) is 0 Å². The van der Waals surface area contributed by atoms with Crippen LogP contribution in [0.3, 0.4) is 0 Å². The monoisotopic (exact) mass is 374 g/mol. The van der Waals surface area contributed by atoms with E-state index in [9.17, 15) is 0 Å². The molecule has 2 aromatic rings. The molecule has 0 amide bonds. The third kappa shape index (κ3) is 6.33. The van der Waals surface area contributed by atoms with Crippen molar-refractivity contribution < 1.29 is 4.74 Å². The van der Waals surface area contributed by atoms with Gasteiger partial charge in [-0.15, -0.1) is 11.3 Å². The van der Waals surface area contributed by atoms with Gasteiger partial charge < -0.3 is 15.4 Å². The zero-order valence-electron chi connectivity index (χ0n) is 16.4. The lowest BCUT2D eigenvalue weighted by atomic mass is 10.1. The van der Waals surface area contributed by atoms with Gasteiger partial charge in [0, 0.05) is 11.4 Å². The van der Waals surface area contributed by atoms with E-state index >= 15 is 0 Å². The zero-order chi connectivity index (χ0) is 18.9. The molecule has 0 bridgehead atoms. The lowest BCUT2D eigenvalue weighted by Gasteiger charge is -2.18. The Labute approximate surface area is 160 Å². The average molecular weight is 375 g/mol. The summed E-state index contributed by atoms with van der Waals surface area (Å²) in [5.74, 6) is 2.25. The topological polar surface area (TPSA) is 58.5 Å². The molecular formula is C20H30N4OS. The van der Waals surface area contributed by atoms with Crippen molar-refractivity contribution in [3.8, 4) is 5.75 Å². The van der Waals surface area contributed by atoms with Gasteiger partial charge in [0.15, 0.2) is 5.96 Å². The van der Waals surface area contributed by atoms with Gasteiger partial charge in [-0.25, -0.2) is 9.98 Å². The van der Waals surface area contributed by atoms with Crippen molar-refractivity contribution in [2.24, 2.45) is 10.9 Å². The van der Waals surface area contributed by atoms with Crippen LogP contribution in [0.15, 0.2) is 34.8 Å². The van der Waals surface area contributed by atoms with Crippen molar-refractivity contribution >= 4 is 17.3 Å². The normalized spacial score (nSPS) is 12.9. The van der Waals surface area contributed by atoms with Gasteiger partial charge in [0.25, 0.3) is 0 Å². The molecule has 1 heterocycles. The van der Waals surface area contributed by atoms with E-state index in [1.54, 1.807) is 11.3 Å². The molecule has 2 rings (SSSR count). The van der Waals surface area contributed by atoms with E-state index in [-0.39, 0.29) is 6.04 Å². The predicted octanol–water partition coefficient (Wildman–Crippen LogP) is 4.30. The van der Waals surface area contributed by atoms with Crippen LogP contribution in [0, 0.1) is 12.8 Å². The van der Waals surface area contributed by atoms with Crippen molar-refractivity contribution in [3.05, 3.63) is 45.9 Å². The molecule has 1 atom stereocenters. The summed E-state index contributed by atoms with van der Waals surface area (Å²) in [6.07, 6.45) is 0. The third-order valence-electron chi connectivity index (χ3n) is 3.89. The summed E-state index contributed by atoms with van der Waals surface area (Å²) in [5, 5.41) is 6.78. The lowest BCUT2D eigenvalue weighted by Crippen LogP contribution is -2.38. The molecule has 26 heavy (non-hydrogen) atoms. The Bertz CT molecular complexity index is 694. The number of hydrogen-bond acceptors (Lipinski definition) is 4. The van der Waals surface area contributed by atoms with Gasteiger partial charge >= 0.3 is 0 Å². The molecule has 0 fully saturated rings. The smallest absolute Gasteiger partial charge is 0.192 e. The van der Waals surface area contributed by atoms with Crippen molar-refractivity contribution in [2.45, 2.75) is 47.2 Å². The van der Waals surface area contributed by atoms with Crippen LogP contribution in [0.5, 0.6) is 5.75 Å². The molecule has 0 aliphatic rings. The van der Waals surface area contributed by atoms with Crippen LogP contribution >= 0.6 is 11.3 Å². The summed E-state index contributed by atoms with van der Waals surface area (Å²) in [5.41, 5.74) is 4.12. The van der Waals surface area contributed by atoms with E-state index in [4.69, 9.17) is 4.74 Å². The van der Waals surface area contributed by atoms with Crippen molar-refractivity contribution in [1.29, 1.82) is 0 Å². The second-order valence-corrected chi connectivity index (χ2v) is 7.64. The molecule has 1 aromatic carbocycles. The number of benzene rings is 1. The van der Waals surface area contributed by atoms with Crippen LogP contribution < -0.4 is 15.4 Å². The minimum Gasteiger partial charge on any atom is -0.493 e. The number of aliphatic imine (C=N–C) groups is 1. The second-order valence-electron chi connectivity index (χ2n) is 6.70. The summed E-state index contributed by atoms with van der Waals surface area (Å²) in [6, 6.07) is 8.41. The molecule has 142 valence electrons. The highest BCUT2D eigenvalue weighted by Crippen LogP contribution is 2.18. The van der Waals surface area contributed by atoms with Gasteiger partial charge in [0.2, 0.25) is 0 Å². The van der Waals surface area contributed by atoms with E-state index in [1.165, 1.54) is 10.4 Å². The summed E-state index contributed by atoms with van der Waals surface area (Å²) < 4.78 is 5.75. The summed E-state index contributed by atoms with van der Waals surface area (Å²) >= 11 is 1.65. The van der Waals surface area contributed by atoms with E-state index in [0.29, 0.717) is 12.5 Å². The number of aromatic nitrogens is 1. The first-order chi connectivity index (χ1) is 12.5. The Kier molecular flexibility index (Phi) is 7.91. The highest BCUT2D eigenvalue weighted by molar-refractivity contribution is 7.09. The first-order valence-electron chi connectivity index (χ1n) is 9.16. The molecule has 6 heteroatoms. The minimum atomic E-state index is 0.148. The second kappa shape index (κ2) is 10.2. The average Bonchev–Trinajstić information content (AvgIpc) is 3.03. The maximum Gasteiger partial charge on any atom is 0.192 e. The summed E-state index contributed by atoms with van der Waals surface area (Å²) in [4.78, 5) is 10.2. The van der Waals surface area contributed by atoms with E-state index in [0.717, 1.165) is 30.6 Å². The number of nitrogens with one attached hydrogen (secondary N) is 2. The quantitative estimate of drug-likeness (QED) is 0.534. The zero-order valence-corrected chi connectivity index (χ0v) is 17.2. The van der Waals surface area contributed by atoms with Gasteiger partial charge in [-0.05, 0) is 44.4 Å². The maximum absolute atomic E-state index is 5.75. The number of hydrogen-bond donors (Lipinski definition) is 2. The maximum atomic E-state index is 5.75. The fourth-order valence-corrected chi connectivity index (χ4v) is 3.05. The van der Waals surface area contributed by atoms with Crippen LogP contribution in [-0.4, -0.2) is 24.1 Å². The summed E-state index contributed by atoms with van der Waals surface area (Å²) in [7, 11) is 0. The molecule has 0 spiro atoms. The Morgan fingerprint density at radius 1 is 1.23 bits per heavy atom. The number of guanidine groups is 1. The van der Waals surface area contributed by atoms with Crippen molar-refractivity contribution in [3.63, 3.8) is 0 Å². The SMILES string of the molecule is CCNC(=NCc1scnc1C)NC(C)c1ccc(OCC(C)C)cc1. The minimum absolute atomic E-state index is 0.148. The Morgan fingerprint density at radius 3 is 2.54 bits per heavy atom. The predicted molar refractivity (Wildman–Crippen MR) is 110 cm³/mol. The number of rotatable bonds is 8. The van der Waals surface area contributed by atoms with Crippen molar-refractivity contribution in [1.82, 2.24) is 15.6 Å². The number of thiazole rings is 1. The molecule has 0 aliphatic heterocycles. The van der Waals surface area contributed by atoms with E-state index in [1.807, 2.05) is 24.6 Å². The van der Waals surface area contributed by atoms with Crippen LogP contribution in [0.4, 0.5) is 0 Å². The standard InChI is InChI=1S/C20H30N4OS/c1-6-21-20(22-11-19-16(5)23-13-26-19)24-15(4)17-7-9-18(10-8-17)25-12-14(2)3/h7-10,13-15H,6,11-12H2,1-5H3,(H2,21,22,24). The molecule has 2 N–H and O–H groups in total. The van der Waals surface area contributed by atoms with Crippen molar-refractivity contribution in [2.75, 3.05) is 13.2 Å². The Morgan fingerprint density at radius 2 is 1.96 bits per heavy atom. The van der Waals surface area contributed by atoms with Crippen LogP contribution in [0.25, 0.3) is 0 Å². The molecule has 0 aliphatic carbocycles. The molecule has 1 aromatic heterocycles. The van der Waals surface area contributed by atoms with Crippen LogP contribution in [0.1, 0.15) is 49.9 Å². The summed E-state index contributed by atoms with van der Waals surface area (Å²) in [6.45, 7) is 12.7. The fourth-order valence-electron chi connectivity index (χ4n) is 2.35. The highest BCUT2D eigenvalue weighted by Gasteiger charge is 2.09. The first kappa shape index (κ1) is 20.2. The third-order valence-corrected chi connectivity index (χ3v) is 4.81. The van der Waals surface area contributed by atoms with Gasteiger partial charge in [0.05, 0.1) is 30.4 Å². The molecule has 5 nitrogen and oxygen atoms in total. The molecule has 0 saturated heterocycles. The van der Waals surface area contributed by atoms with Gasteiger partial charge in [0.1, 0.15) is 5.75 Å². The number of nitrogens with zero attached hydrogens (tertiary/aromatic N) is 2. The first-order valence-corrected chi connectivity index (χ1v) is 10.0. The number of ether oxygens (including phenoxy) is 1. The number of aryl methyl sites for hydroxylation is 1. The van der Waals surface area contributed by atoms with E-state index in [2.05, 4.69) is 60.4 Å². The Balaban J connectivity index is 1.97. The largest absolute Gasteiger partial charge is 0.493 e. The molecular weight excluding hydrogens is 344 g/mol. The lowest BCUT2D eigenvalue weighted by molar-refractivity contribution is 0.271. The fraction of sp³-hybridized carbons (Fsp3) is 0.500.